The fraction of sp³-hybridized carbons (Fsp3) is 0.667. The van der Waals surface area contributed by atoms with E-state index in [9.17, 15) is 0 Å². The standard InChI is InChI=1S/C12H21N3O2/c1-10(2)9-17-8-4-6-13-12-14-7-5-11(15-12)16-3/h5,7,10H,4,6,8-9H2,1-3H3,(H,13,14,15). The van der Waals surface area contributed by atoms with E-state index in [0.717, 1.165) is 26.2 Å². The molecule has 0 unspecified atom stereocenters. The summed E-state index contributed by atoms with van der Waals surface area (Å²) in [5.74, 6) is 1.75. The molecule has 0 fully saturated rings. The molecule has 0 amide bonds. The molecule has 0 aliphatic heterocycles. The zero-order chi connectivity index (χ0) is 12.5. The summed E-state index contributed by atoms with van der Waals surface area (Å²) in [4.78, 5) is 8.24. The Kier molecular flexibility index (Phi) is 6.32. The zero-order valence-corrected chi connectivity index (χ0v) is 10.8. The number of hydrogen-bond acceptors (Lipinski definition) is 5. The van der Waals surface area contributed by atoms with E-state index in [1.54, 1.807) is 19.4 Å². The minimum absolute atomic E-state index is 0.568. The van der Waals surface area contributed by atoms with Crippen molar-refractivity contribution in [2.45, 2.75) is 20.3 Å². The van der Waals surface area contributed by atoms with Crippen LogP contribution in [0.4, 0.5) is 5.95 Å². The van der Waals surface area contributed by atoms with Crippen LogP contribution in [0.1, 0.15) is 20.3 Å². The molecule has 17 heavy (non-hydrogen) atoms. The SMILES string of the molecule is COc1ccnc(NCCCOCC(C)C)n1. The average Bonchev–Trinajstić information content (AvgIpc) is 2.33. The van der Waals surface area contributed by atoms with Crippen molar-refractivity contribution in [3.8, 4) is 5.88 Å². The molecular weight excluding hydrogens is 218 g/mol. The van der Waals surface area contributed by atoms with Crippen LogP contribution in [0.2, 0.25) is 0 Å². The van der Waals surface area contributed by atoms with Crippen LogP contribution in [0, 0.1) is 5.92 Å². The molecule has 96 valence electrons. The largest absolute Gasteiger partial charge is 0.481 e. The van der Waals surface area contributed by atoms with Crippen molar-refractivity contribution in [3.05, 3.63) is 12.3 Å². The van der Waals surface area contributed by atoms with Crippen molar-refractivity contribution in [2.75, 3.05) is 32.2 Å². The van der Waals surface area contributed by atoms with E-state index >= 15 is 0 Å². The number of aromatic nitrogens is 2. The van der Waals surface area contributed by atoms with Crippen molar-refractivity contribution in [1.82, 2.24) is 9.97 Å². The van der Waals surface area contributed by atoms with Gasteiger partial charge in [-0.15, -0.1) is 0 Å². The van der Waals surface area contributed by atoms with E-state index in [1.165, 1.54) is 0 Å². The van der Waals surface area contributed by atoms with Gasteiger partial charge in [0.15, 0.2) is 0 Å². The molecule has 1 aromatic heterocycles. The first kappa shape index (κ1) is 13.7. The quantitative estimate of drug-likeness (QED) is 0.703. The van der Waals surface area contributed by atoms with E-state index in [2.05, 4.69) is 29.1 Å². The third kappa shape index (κ3) is 6.06. The molecule has 0 saturated heterocycles. The minimum atomic E-state index is 0.568. The van der Waals surface area contributed by atoms with Gasteiger partial charge in [0.05, 0.1) is 7.11 Å². The Morgan fingerprint density at radius 2 is 2.24 bits per heavy atom. The third-order valence-corrected chi connectivity index (χ3v) is 2.04. The first-order chi connectivity index (χ1) is 8.22. The van der Waals surface area contributed by atoms with Crippen molar-refractivity contribution in [3.63, 3.8) is 0 Å². The van der Waals surface area contributed by atoms with Gasteiger partial charge in [-0.2, -0.15) is 4.98 Å². The van der Waals surface area contributed by atoms with Crippen molar-refractivity contribution in [1.29, 1.82) is 0 Å². The van der Waals surface area contributed by atoms with Crippen LogP contribution in [0.25, 0.3) is 0 Å². The van der Waals surface area contributed by atoms with E-state index < -0.39 is 0 Å². The molecule has 1 rings (SSSR count). The lowest BCUT2D eigenvalue weighted by atomic mass is 10.2. The van der Waals surface area contributed by atoms with Crippen molar-refractivity contribution >= 4 is 5.95 Å². The summed E-state index contributed by atoms with van der Waals surface area (Å²) in [7, 11) is 1.59. The summed E-state index contributed by atoms with van der Waals surface area (Å²) in [5, 5.41) is 3.13. The average molecular weight is 239 g/mol. The number of nitrogens with zero attached hydrogens (tertiary/aromatic N) is 2. The van der Waals surface area contributed by atoms with E-state index in [1.807, 2.05) is 0 Å². The van der Waals surface area contributed by atoms with E-state index in [-0.39, 0.29) is 0 Å². The highest BCUT2D eigenvalue weighted by molar-refractivity contribution is 5.26. The minimum Gasteiger partial charge on any atom is -0.481 e. The smallest absolute Gasteiger partial charge is 0.225 e. The van der Waals surface area contributed by atoms with E-state index in [0.29, 0.717) is 17.7 Å². The normalized spacial score (nSPS) is 10.6. The Morgan fingerprint density at radius 1 is 1.41 bits per heavy atom. The predicted molar refractivity (Wildman–Crippen MR) is 67.3 cm³/mol. The molecule has 1 N–H and O–H groups in total. The molecule has 0 aliphatic carbocycles. The van der Waals surface area contributed by atoms with Crippen LogP contribution in [0.3, 0.4) is 0 Å². The maximum Gasteiger partial charge on any atom is 0.225 e. The number of nitrogens with one attached hydrogen (secondary N) is 1. The molecule has 5 heteroatoms. The van der Waals surface area contributed by atoms with Gasteiger partial charge in [0.25, 0.3) is 0 Å². The Bertz CT molecular complexity index is 318. The number of methoxy groups -OCH3 is 1. The van der Waals surface area contributed by atoms with Gasteiger partial charge in [-0.3, -0.25) is 0 Å². The molecule has 0 bridgehead atoms. The number of hydrogen-bond donors (Lipinski definition) is 1. The molecule has 0 saturated carbocycles. The van der Waals surface area contributed by atoms with Crippen LogP contribution in [0.5, 0.6) is 5.88 Å². The molecule has 0 spiro atoms. The number of rotatable bonds is 8. The predicted octanol–water partition coefficient (Wildman–Crippen LogP) is 1.96. The molecule has 1 aromatic rings. The lowest BCUT2D eigenvalue weighted by molar-refractivity contribution is 0.110. The van der Waals surface area contributed by atoms with Crippen LogP contribution >= 0.6 is 0 Å². The summed E-state index contributed by atoms with van der Waals surface area (Å²) in [6.07, 6.45) is 2.61. The first-order valence-electron chi connectivity index (χ1n) is 5.91. The Hall–Kier alpha value is -1.36. The fourth-order valence-corrected chi connectivity index (χ4v) is 1.23. The Balaban J connectivity index is 2.13. The van der Waals surface area contributed by atoms with Crippen molar-refractivity contribution in [2.24, 2.45) is 5.92 Å². The molecule has 0 aliphatic rings. The maximum atomic E-state index is 5.47. The van der Waals surface area contributed by atoms with Gasteiger partial charge >= 0.3 is 0 Å². The van der Waals surface area contributed by atoms with Gasteiger partial charge in [0, 0.05) is 32.0 Å². The fourth-order valence-electron chi connectivity index (χ4n) is 1.23. The maximum absolute atomic E-state index is 5.47. The topological polar surface area (TPSA) is 56.3 Å². The number of ether oxygens (including phenoxy) is 2. The van der Waals surface area contributed by atoms with Crippen LogP contribution in [-0.2, 0) is 4.74 Å². The molecule has 0 aromatic carbocycles. The van der Waals surface area contributed by atoms with Crippen LogP contribution in [-0.4, -0.2) is 36.8 Å². The van der Waals surface area contributed by atoms with Gasteiger partial charge < -0.3 is 14.8 Å². The summed E-state index contributed by atoms with van der Waals surface area (Å²) < 4.78 is 10.5. The molecule has 1 heterocycles. The van der Waals surface area contributed by atoms with Crippen LogP contribution in [0.15, 0.2) is 12.3 Å². The second-order valence-electron chi connectivity index (χ2n) is 4.17. The summed E-state index contributed by atoms with van der Waals surface area (Å²) >= 11 is 0. The molecular formula is C12H21N3O2. The first-order valence-corrected chi connectivity index (χ1v) is 5.91. The Morgan fingerprint density at radius 3 is 2.94 bits per heavy atom. The second kappa shape index (κ2) is 7.84. The summed E-state index contributed by atoms with van der Waals surface area (Å²) in [6, 6.07) is 1.72. The monoisotopic (exact) mass is 239 g/mol. The summed E-state index contributed by atoms with van der Waals surface area (Å²) in [5.41, 5.74) is 0. The van der Waals surface area contributed by atoms with Crippen molar-refractivity contribution < 1.29 is 9.47 Å². The lowest BCUT2D eigenvalue weighted by Crippen LogP contribution is -2.10. The highest BCUT2D eigenvalue weighted by atomic mass is 16.5. The highest BCUT2D eigenvalue weighted by Gasteiger charge is 1.98. The molecule has 5 nitrogen and oxygen atoms in total. The number of anilines is 1. The lowest BCUT2D eigenvalue weighted by Gasteiger charge is -2.08. The molecule has 0 radical (unpaired) electrons. The molecule has 0 atom stereocenters. The Labute approximate surface area is 103 Å². The van der Waals surface area contributed by atoms with Gasteiger partial charge in [0.2, 0.25) is 11.8 Å². The van der Waals surface area contributed by atoms with Gasteiger partial charge in [-0.25, -0.2) is 4.98 Å². The third-order valence-electron chi connectivity index (χ3n) is 2.04. The second-order valence-corrected chi connectivity index (χ2v) is 4.17. The van der Waals surface area contributed by atoms with Gasteiger partial charge in [-0.1, -0.05) is 13.8 Å². The van der Waals surface area contributed by atoms with Gasteiger partial charge in [0.1, 0.15) is 0 Å². The highest BCUT2D eigenvalue weighted by Crippen LogP contribution is 2.06. The summed E-state index contributed by atoms with van der Waals surface area (Å²) in [6.45, 7) is 6.65. The van der Waals surface area contributed by atoms with E-state index in [4.69, 9.17) is 9.47 Å². The zero-order valence-electron chi connectivity index (χ0n) is 10.8. The van der Waals surface area contributed by atoms with Crippen LogP contribution < -0.4 is 10.1 Å². The van der Waals surface area contributed by atoms with Gasteiger partial charge in [-0.05, 0) is 12.3 Å².